The number of hydrogen-bond donors (Lipinski definition) is 2. The Morgan fingerprint density at radius 2 is 2.22 bits per heavy atom. The molecule has 0 aliphatic rings. The lowest BCUT2D eigenvalue weighted by atomic mass is 10.2. The Kier molecular flexibility index (Phi) is 4.62. The smallest absolute Gasteiger partial charge is 0.0183 e. The van der Waals surface area contributed by atoms with E-state index in [1.165, 1.54) is 11.9 Å². The molecule has 0 saturated carbocycles. The molecule has 0 radical (unpaired) electrons. The highest BCUT2D eigenvalue weighted by Crippen LogP contribution is 2.06. The summed E-state index contributed by atoms with van der Waals surface area (Å²) in [5.74, 6) is 0.450. The second kappa shape index (κ2) is 4.70. The van der Waals surface area contributed by atoms with E-state index in [0.717, 1.165) is 5.70 Å². The Bertz CT molecular complexity index is 99.2. The summed E-state index contributed by atoms with van der Waals surface area (Å²) in [5, 5.41) is 1.92. The second-order valence-electron chi connectivity index (χ2n) is 2.09. The predicted octanol–water partition coefficient (Wildman–Crippen LogP) is 1.31. The van der Waals surface area contributed by atoms with Crippen LogP contribution < -0.4 is 10.5 Å². The van der Waals surface area contributed by atoms with Gasteiger partial charge in [-0.25, -0.2) is 0 Å². The molecule has 3 N–H and O–H groups in total. The third kappa shape index (κ3) is 4.36. The van der Waals surface area contributed by atoms with Gasteiger partial charge in [-0.1, -0.05) is 25.8 Å². The van der Waals surface area contributed by atoms with Crippen molar-refractivity contribution >= 4 is 11.9 Å². The van der Waals surface area contributed by atoms with Crippen LogP contribution in [0.15, 0.2) is 11.1 Å². The third-order valence-corrected chi connectivity index (χ3v) is 1.61. The van der Waals surface area contributed by atoms with E-state index in [1.807, 2.05) is 12.5 Å². The second-order valence-corrected chi connectivity index (χ2v) is 2.97. The normalized spacial score (nSPS) is 12.7. The van der Waals surface area contributed by atoms with Crippen molar-refractivity contribution in [1.29, 1.82) is 0 Å². The molecule has 0 unspecified atom stereocenters. The van der Waals surface area contributed by atoms with Gasteiger partial charge in [0, 0.05) is 11.1 Å². The Morgan fingerprint density at radius 3 is 2.56 bits per heavy atom. The summed E-state index contributed by atoms with van der Waals surface area (Å²) in [7, 11) is 1.87. The molecule has 0 aromatic rings. The number of nitrogens with two attached hydrogens (primary N) is 1. The van der Waals surface area contributed by atoms with Crippen LogP contribution in [0.4, 0.5) is 0 Å². The first-order valence-electron chi connectivity index (χ1n) is 2.96. The molecule has 0 spiro atoms. The highest BCUT2D eigenvalue weighted by molar-refractivity contribution is 8.00. The molecule has 0 rings (SSSR count). The summed E-state index contributed by atoms with van der Waals surface area (Å²) >= 11 is 1.51. The van der Waals surface area contributed by atoms with Crippen LogP contribution in [0.5, 0.6) is 0 Å². The molecule has 9 heavy (non-hydrogen) atoms. The van der Waals surface area contributed by atoms with Gasteiger partial charge in [0.2, 0.25) is 0 Å². The van der Waals surface area contributed by atoms with Crippen LogP contribution in [0.1, 0.15) is 13.8 Å². The Hall–Kier alpha value is -0.150. The largest absolute Gasteiger partial charge is 0.401 e. The van der Waals surface area contributed by atoms with E-state index in [1.54, 1.807) is 0 Å². The lowest BCUT2D eigenvalue weighted by Gasteiger charge is -2.02. The molecule has 2 nitrogen and oxygen atoms in total. The van der Waals surface area contributed by atoms with Gasteiger partial charge in [0.15, 0.2) is 0 Å². The maximum absolute atomic E-state index is 5.60. The van der Waals surface area contributed by atoms with Crippen LogP contribution in [0.25, 0.3) is 0 Å². The molecular weight excluding hydrogens is 132 g/mol. The molecule has 0 saturated heterocycles. The van der Waals surface area contributed by atoms with Gasteiger partial charge in [-0.2, -0.15) is 0 Å². The van der Waals surface area contributed by atoms with Crippen LogP contribution in [0.2, 0.25) is 0 Å². The van der Waals surface area contributed by atoms with Gasteiger partial charge >= 0.3 is 0 Å². The monoisotopic (exact) mass is 146 g/mol. The summed E-state index contributed by atoms with van der Waals surface area (Å²) < 4.78 is 2.91. The van der Waals surface area contributed by atoms with Crippen molar-refractivity contribution in [2.45, 2.75) is 13.8 Å². The third-order valence-electron chi connectivity index (χ3n) is 0.980. The first kappa shape index (κ1) is 8.85. The number of nitrogens with one attached hydrogen (secondary N) is 1. The van der Waals surface area contributed by atoms with E-state index in [0.29, 0.717) is 5.92 Å². The van der Waals surface area contributed by atoms with E-state index in [-0.39, 0.29) is 0 Å². The predicted molar refractivity (Wildman–Crippen MR) is 43.8 cm³/mol. The molecule has 0 aliphatic carbocycles. The van der Waals surface area contributed by atoms with Crippen molar-refractivity contribution in [3.63, 3.8) is 0 Å². The van der Waals surface area contributed by atoms with E-state index in [2.05, 4.69) is 18.6 Å². The number of allylic oxidation sites excluding steroid dienone is 1. The van der Waals surface area contributed by atoms with Crippen molar-refractivity contribution < 1.29 is 0 Å². The van der Waals surface area contributed by atoms with Crippen molar-refractivity contribution in [3.05, 3.63) is 11.1 Å². The average Bonchev–Trinajstić information content (AvgIpc) is 1.82. The minimum Gasteiger partial charge on any atom is -0.401 e. The van der Waals surface area contributed by atoms with Crippen LogP contribution in [0, 0.1) is 5.92 Å². The minimum atomic E-state index is 0.450. The van der Waals surface area contributed by atoms with Crippen molar-refractivity contribution in [3.8, 4) is 0 Å². The average molecular weight is 146 g/mol. The summed E-state index contributed by atoms with van der Waals surface area (Å²) in [6, 6.07) is 0. The molecule has 0 aromatic heterocycles. The molecule has 0 bridgehead atoms. The van der Waals surface area contributed by atoms with Gasteiger partial charge in [0.1, 0.15) is 0 Å². The van der Waals surface area contributed by atoms with E-state index in [4.69, 9.17) is 5.73 Å². The van der Waals surface area contributed by atoms with Crippen LogP contribution >= 0.6 is 11.9 Å². The van der Waals surface area contributed by atoms with Gasteiger partial charge in [0.25, 0.3) is 0 Å². The molecule has 0 atom stereocenters. The van der Waals surface area contributed by atoms with Gasteiger partial charge < -0.3 is 5.73 Å². The molecule has 54 valence electrons. The highest BCUT2D eigenvalue weighted by Gasteiger charge is 1.94. The highest BCUT2D eigenvalue weighted by atomic mass is 32.2. The Balaban J connectivity index is 3.55. The van der Waals surface area contributed by atoms with Crippen LogP contribution in [-0.4, -0.2) is 7.05 Å². The first-order valence-corrected chi connectivity index (χ1v) is 3.84. The molecule has 0 aliphatic heterocycles. The van der Waals surface area contributed by atoms with Gasteiger partial charge in [-0.05, 0) is 13.0 Å². The fourth-order valence-electron chi connectivity index (χ4n) is 0.263. The molecule has 0 heterocycles. The fraction of sp³-hybridized carbons (Fsp3) is 0.667. The zero-order chi connectivity index (χ0) is 7.28. The standard InChI is InChI=1S/C6H14N2S/c1-5(2)6(7)4-9-8-3/h4-5,8H,7H2,1-3H3/b6-4-. The molecular formula is C6H14N2S. The zero-order valence-corrected chi connectivity index (χ0v) is 6.96. The van der Waals surface area contributed by atoms with Crippen molar-refractivity contribution in [2.24, 2.45) is 11.7 Å². The quantitative estimate of drug-likeness (QED) is 0.590. The summed E-state index contributed by atoms with van der Waals surface area (Å²) in [6.07, 6.45) is 0. The zero-order valence-electron chi connectivity index (χ0n) is 6.14. The summed E-state index contributed by atoms with van der Waals surface area (Å²) in [6.45, 7) is 4.14. The van der Waals surface area contributed by atoms with Gasteiger partial charge in [-0.3, -0.25) is 4.72 Å². The summed E-state index contributed by atoms with van der Waals surface area (Å²) in [4.78, 5) is 0. The molecule has 0 fully saturated rings. The minimum absolute atomic E-state index is 0.450. The Morgan fingerprint density at radius 1 is 1.67 bits per heavy atom. The topological polar surface area (TPSA) is 38.0 Å². The van der Waals surface area contributed by atoms with E-state index >= 15 is 0 Å². The maximum Gasteiger partial charge on any atom is 0.0183 e. The van der Waals surface area contributed by atoms with Crippen LogP contribution in [-0.2, 0) is 0 Å². The number of rotatable bonds is 3. The van der Waals surface area contributed by atoms with E-state index < -0.39 is 0 Å². The maximum atomic E-state index is 5.60. The molecule has 3 heteroatoms. The molecule has 0 amide bonds. The Labute approximate surface area is 61.0 Å². The first-order chi connectivity index (χ1) is 4.18. The number of hydrogen-bond acceptors (Lipinski definition) is 3. The molecule has 0 aromatic carbocycles. The van der Waals surface area contributed by atoms with Gasteiger partial charge in [0.05, 0.1) is 0 Å². The lowest BCUT2D eigenvalue weighted by molar-refractivity contribution is 0.760. The van der Waals surface area contributed by atoms with Gasteiger partial charge in [-0.15, -0.1) is 0 Å². The SMILES string of the molecule is CNS/C=C(\N)C(C)C. The van der Waals surface area contributed by atoms with Crippen LogP contribution in [0.3, 0.4) is 0 Å². The summed E-state index contributed by atoms with van der Waals surface area (Å²) in [5.41, 5.74) is 6.53. The fourth-order valence-corrected chi connectivity index (χ4v) is 0.789. The lowest BCUT2D eigenvalue weighted by Crippen LogP contribution is -2.04. The van der Waals surface area contributed by atoms with Crippen molar-refractivity contribution in [1.82, 2.24) is 4.72 Å². The van der Waals surface area contributed by atoms with Crippen molar-refractivity contribution in [2.75, 3.05) is 7.05 Å². The van der Waals surface area contributed by atoms with E-state index in [9.17, 15) is 0 Å².